The molecule has 3 rings (SSSR count). The SMILES string of the molecule is O=C(C1CC1)N1CCCN(c2ncc(Cl)cc2Br)CC1. The Hall–Kier alpha value is -0.810. The zero-order chi connectivity index (χ0) is 14.1. The second kappa shape index (κ2) is 5.90. The molecule has 1 aromatic rings. The highest BCUT2D eigenvalue weighted by Gasteiger charge is 2.34. The molecule has 1 saturated heterocycles. The van der Waals surface area contributed by atoms with Crippen molar-refractivity contribution in [1.82, 2.24) is 9.88 Å². The van der Waals surface area contributed by atoms with Crippen LogP contribution in [0.15, 0.2) is 16.7 Å². The number of carbonyl (C=O) groups excluding carboxylic acids is 1. The number of amides is 1. The fourth-order valence-electron chi connectivity index (χ4n) is 2.58. The van der Waals surface area contributed by atoms with Crippen LogP contribution in [0.1, 0.15) is 19.3 Å². The summed E-state index contributed by atoms with van der Waals surface area (Å²) in [6.45, 7) is 3.39. The lowest BCUT2D eigenvalue weighted by molar-refractivity contribution is -0.132. The van der Waals surface area contributed by atoms with Gasteiger partial charge in [0.1, 0.15) is 5.82 Å². The van der Waals surface area contributed by atoms with Crippen molar-refractivity contribution in [3.8, 4) is 0 Å². The summed E-state index contributed by atoms with van der Waals surface area (Å²) in [6, 6.07) is 1.86. The molecule has 2 heterocycles. The number of halogens is 2. The summed E-state index contributed by atoms with van der Waals surface area (Å²) in [5.41, 5.74) is 0. The van der Waals surface area contributed by atoms with Gasteiger partial charge in [-0.25, -0.2) is 4.98 Å². The zero-order valence-electron chi connectivity index (χ0n) is 11.2. The average Bonchev–Trinajstić information content (AvgIpc) is 3.25. The Morgan fingerprint density at radius 3 is 2.80 bits per heavy atom. The van der Waals surface area contributed by atoms with Crippen molar-refractivity contribution in [3.05, 3.63) is 21.8 Å². The van der Waals surface area contributed by atoms with Crippen LogP contribution in [0.2, 0.25) is 5.02 Å². The Morgan fingerprint density at radius 2 is 2.10 bits per heavy atom. The molecule has 20 heavy (non-hydrogen) atoms. The fraction of sp³-hybridized carbons (Fsp3) is 0.571. The van der Waals surface area contributed by atoms with Gasteiger partial charge in [-0.15, -0.1) is 0 Å². The van der Waals surface area contributed by atoms with Gasteiger partial charge in [0.2, 0.25) is 5.91 Å². The molecule has 1 saturated carbocycles. The van der Waals surface area contributed by atoms with Crippen LogP contribution in [0.5, 0.6) is 0 Å². The van der Waals surface area contributed by atoms with Crippen molar-refractivity contribution in [3.63, 3.8) is 0 Å². The van der Waals surface area contributed by atoms with Crippen LogP contribution in [0.25, 0.3) is 0 Å². The molecule has 1 aliphatic carbocycles. The maximum Gasteiger partial charge on any atom is 0.225 e. The number of aromatic nitrogens is 1. The van der Waals surface area contributed by atoms with E-state index in [0.717, 1.165) is 55.7 Å². The topological polar surface area (TPSA) is 36.4 Å². The van der Waals surface area contributed by atoms with E-state index in [9.17, 15) is 4.79 Å². The first-order valence-electron chi connectivity index (χ1n) is 7.00. The molecule has 0 spiro atoms. The molecule has 0 unspecified atom stereocenters. The van der Waals surface area contributed by atoms with Crippen LogP contribution in [0.3, 0.4) is 0 Å². The third kappa shape index (κ3) is 3.09. The lowest BCUT2D eigenvalue weighted by atomic mass is 10.3. The first-order valence-corrected chi connectivity index (χ1v) is 8.17. The molecule has 0 aromatic carbocycles. The van der Waals surface area contributed by atoms with E-state index in [1.54, 1.807) is 6.20 Å². The largest absolute Gasteiger partial charge is 0.354 e. The van der Waals surface area contributed by atoms with E-state index < -0.39 is 0 Å². The van der Waals surface area contributed by atoms with Gasteiger partial charge < -0.3 is 9.80 Å². The quantitative estimate of drug-likeness (QED) is 0.815. The van der Waals surface area contributed by atoms with Gasteiger partial charge in [-0.05, 0) is 41.3 Å². The minimum Gasteiger partial charge on any atom is -0.354 e. The molecule has 108 valence electrons. The standard InChI is InChI=1S/C14H17BrClN3O/c15-12-8-11(16)9-17-13(12)18-4-1-5-19(7-6-18)14(20)10-2-3-10/h8-10H,1-7H2. The van der Waals surface area contributed by atoms with Gasteiger partial charge in [0.05, 0.1) is 9.50 Å². The van der Waals surface area contributed by atoms with E-state index in [1.165, 1.54) is 0 Å². The van der Waals surface area contributed by atoms with Gasteiger partial charge in [-0.1, -0.05) is 11.6 Å². The molecule has 0 bridgehead atoms. The minimum atomic E-state index is 0.307. The molecule has 2 fully saturated rings. The van der Waals surface area contributed by atoms with Crippen molar-refractivity contribution in [2.75, 3.05) is 31.1 Å². The number of anilines is 1. The summed E-state index contributed by atoms with van der Waals surface area (Å²) in [7, 11) is 0. The van der Waals surface area contributed by atoms with Crippen molar-refractivity contribution in [2.45, 2.75) is 19.3 Å². The first-order chi connectivity index (χ1) is 9.65. The van der Waals surface area contributed by atoms with Crippen molar-refractivity contribution < 1.29 is 4.79 Å². The minimum absolute atomic E-state index is 0.307. The van der Waals surface area contributed by atoms with Crippen molar-refractivity contribution in [2.24, 2.45) is 5.92 Å². The molecule has 1 amide bonds. The second-order valence-electron chi connectivity index (χ2n) is 5.40. The highest BCUT2D eigenvalue weighted by atomic mass is 79.9. The van der Waals surface area contributed by atoms with Gasteiger partial charge in [0.25, 0.3) is 0 Å². The number of pyridine rings is 1. The van der Waals surface area contributed by atoms with Gasteiger partial charge in [-0.3, -0.25) is 4.79 Å². The van der Waals surface area contributed by atoms with Gasteiger partial charge in [0.15, 0.2) is 0 Å². The predicted molar refractivity (Wildman–Crippen MR) is 83.1 cm³/mol. The van der Waals surface area contributed by atoms with E-state index in [0.29, 0.717) is 16.8 Å². The van der Waals surface area contributed by atoms with Crippen molar-refractivity contribution in [1.29, 1.82) is 0 Å². The Kier molecular flexibility index (Phi) is 4.17. The molecular formula is C14H17BrClN3O. The molecule has 0 N–H and O–H groups in total. The van der Waals surface area contributed by atoms with Crippen LogP contribution in [0.4, 0.5) is 5.82 Å². The summed E-state index contributed by atoms with van der Waals surface area (Å²) in [6.07, 6.45) is 4.79. The molecule has 1 aliphatic heterocycles. The molecular weight excluding hydrogens is 342 g/mol. The van der Waals surface area contributed by atoms with E-state index >= 15 is 0 Å². The maximum absolute atomic E-state index is 12.1. The summed E-state index contributed by atoms with van der Waals surface area (Å²) in [4.78, 5) is 20.8. The van der Waals surface area contributed by atoms with E-state index in [2.05, 4.69) is 25.8 Å². The predicted octanol–water partition coefficient (Wildman–Crippen LogP) is 2.95. The first kappa shape index (κ1) is 14.1. The van der Waals surface area contributed by atoms with Crippen LogP contribution in [0, 0.1) is 5.92 Å². The number of carbonyl (C=O) groups is 1. The van der Waals surface area contributed by atoms with Crippen LogP contribution in [-0.2, 0) is 4.79 Å². The summed E-state index contributed by atoms with van der Waals surface area (Å²) < 4.78 is 0.909. The van der Waals surface area contributed by atoms with Crippen molar-refractivity contribution >= 4 is 39.3 Å². The molecule has 2 aliphatic rings. The highest BCUT2D eigenvalue weighted by Crippen LogP contribution is 2.32. The smallest absolute Gasteiger partial charge is 0.225 e. The van der Waals surface area contributed by atoms with E-state index in [-0.39, 0.29) is 0 Å². The Bertz CT molecular complexity index is 521. The zero-order valence-corrected chi connectivity index (χ0v) is 13.5. The molecule has 0 atom stereocenters. The average molecular weight is 359 g/mol. The van der Waals surface area contributed by atoms with Gasteiger partial charge in [0, 0.05) is 38.3 Å². The van der Waals surface area contributed by atoms with Gasteiger partial charge in [-0.2, -0.15) is 0 Å². The molecule has 4 nitrogen and oxygen atoms in total. The monoisotopic (exact) mass is 357 g/mol. The molecule has 0 radical (unpaired) electrons. The molecule has 6 heteroatoms. The lowest BCUT2D eigenvalue weighted by Crippen LogP contribution is -2.36. The van der Waals surface area contributed by atoms with E-state index in [1.807, 2.05) is 11.0 Å². The fourth-order valence-corrected chi connectivity index (χ4v) is 3.47. The van der Waals surface area contributed by atoms with Crippen LogP contribution in [-0.4, -0.2) is 42.0 Å². The summed E-state index contributed by atoms with van der Waals surface area (Å²) in [5.74, 6) is 1.56. The number of hydrogen-bond acceptors (Lipinski definition) is 3. The summed E-state index contributed by atoms with van der Waals surface area (Å²) in [5, 5.41) is 0.626. The highest BCUT2D eigenvalue weighted by molar-refractivity contribution is 9.10. The normalized spacial score (nSPS) is 19.9. The third-order valence-electron chi connectivity index (χ3n) is 3.82. The second-order valence-corrected chi connectivity index (χ2v) is 6.69. The number of rotatable bonds is 2. The van der Waals surface area contributed by atoms with E-state index in [4.69, 9.17) is 11.6 Å². The Morgan fingerprint density at radius 1 is 1.30 bits per heavy atom. The van der Waals surface area contributed by atoms with Crippen LogP contribution < -0.4 is 4.90 Å². The number of nitrogens with zero attached hydrogens (tertiary/aromatic N) is 3. The Labute approximate surface area is 132 Å². The number of hydrogen-bond donors (Lipinski definition) is 0. The lowest BCUT2D eigenvalue weighted by Gasteiger charge is -2.23. The van der Waals surface area contributed by atoms with Crippen LogP contribution >= 0.6 is 27.5 Å². The van der Waals surface area contributed by atoms with Gasteiger partial charge >= 0.3 is 0 Å². The summed E-state index contributed by atoms with van der Waals surface area (Å²) >= 11 is 9.45. The third-order valence-corrected chi connectivity index (χ3v) is 4.61. The molecule has 1 aromatic heterocycles. The Balaban J connectivity index is 1.68. The maximum atomic E-state index is 12.1.